The maximum Gasteiger partial charge on any atom is 0.151 e. The summed E-state index contributed by atoms with van der Waals surface area (Å²) in [5, 5.41) is 0.754. The molecular formula is C15H12BrClO2. The Labute approximate surface area is 125 Å². The van der Waals surface area contributed by atoms with Crippen molar-refractivity contribution in [1.82, 2.24) is 0 Å². The molecule has 4 heteroatoms. The van der Waals surface area contributed by atoms with Crippen LogP contribution in [0.15, 0.2) is 34.8 Å². The van der Waals surface area contributed by atoms with E-state index in [2.05, 4.69) is 15.9 Å². The number of carbonyl (C=O) groups excluding carboxylic acids is 1. The van der Waals surface area contributed by atoms with Crippen molar-refractivity contribution in [2.24, 2.45) is 0 Å². The summed E-state index contributed by atoms with van der Waals surface area (Å²) in [6.07, 6.45) is 0.796. The van der Waals surface area contributed by atoms with Crippen molar-refractivity contribution in [1.29, 1.82) is 0 Å². The monoisotopic (exact) mass is 338 g/mol. The Balaban J connectivity index is 2.31. The van der Waals surface area contributed by atoms with Crippen LogP contribution in [0.4, 0.5) is 0 Å². The maximum absolute atomic E-state index is 10.7. The first-order valence-electron chi connectivity index (χ1n) is 5.70. The van der Waals surface area contributed by atoms with Crippen LogP contribution in [0.3, 0.4) is 0 Å². The van der Waals surface area contributed by atoms with Gasteiger partial charge in [-0.15, -0.1) is 0 Å². The van der Waals surface area contributed by atoms with E-state index in [1.807, 2.05) is 26.0 Å². The van der Waals surface area contributed by atoms with Crippen LogP contribution in [0.25, 0.3) is 0 Å². The van der Waals surface area contributed by atoms with E-state index >= 15 is 0 Å². The number of halogens is 2. The zero-order valence-corrected chi connectivity index (χ0v) is 12.9. The number of carbonyl (C=O) groups is 1. The van der Waals surface area contributed by atoms with E-state index in [1.54, 1.807) is 18.2 Å². The van der Waals surface area contributed by atoms with E-state index in [9.17, 15) is 4.79 Å². The fourth-order valence-electron chi connectivity index (χ4n) is 1.77. The zero-order chi connectivity index (χ0) is 14.0. The fourth-order valence-corrected chi connectivity index (χ4v) is 2.33. The predicted molar refractivity (Wildman–Crippen MR) is 80.5 cm³/mol. The van der Waals surface area contributed by atoms with Crippen molar-refractivity contribution >= 4 is 33.8 Å². The Morgan fingerprint density at radius 2 is 1.74 bits per heavy atom. The second-order valence-electron chi connectivity index (χ2n) is 4.27. The first-order chi connectivity index (χ1) is 9.01. The van der Waals surface area contributed by atoms with Gasteiger partial charge in [-0.3, -0.25) is 4.79 Å². The van der Waals surface area contributed by atoms with Gasteiger partial charge in [0.25, 0.3) is 0 Å². The lowest BCUT2D eigenvalue weighted by Gasteiger charge is -2.10. The highest BCUT2D eigenvalue weighted by Crippen LogP contribution is 2.30. The minimum Gasteiger partial charge on any atom is -0.457 e. The minimum absolute atomic E-state index is 0.593. The highest BCUT2D eigenvalue weighted by atomic mass is 79.9. The Kier molecular flexibility index (Phi) is 4.27. The van der Waals surface area contributed by atoms with Gasteiger partial charge in [0, 0.05) is 15.1 Å². The van der Waals surface area contributed by atoms with Crippen molar-refractivity contribution in [3.05, 3.63) is 56.5 Å². The van der Waals surface area contributed by atoms with Gasteiger partial charge in [0.1, 0.15) is 11.5 Å². The Hall–Kier alpha value is -1.32. The summed E-state index contributed by atoms with van der Waals surface area (Å²) in [4.78, 5) is 10.7. The SMILES string of the molecule is Cc1cc(Oc2ccc(C=O)c(Br)c2)cc(C)c1Cl. The fraction of sp³-hybridized carbons (Fsp3) is 0.133. The molecule has 0 N–H and O–H groups in total. The highest BCUT2D eigenvalue weighted by Gasteiger charge is 2.06. The quantitative estimate of drug-likeness (QED) is 0.707. The molecule has 2 rings (SSSR count). The zero-order valence-electron chi connectivity index (χ0n) is 10.5. The van der Waals surface area contributed by atoms with Crippen molar-refractivity contribution < 1.29 is 9.53 Å². The summed E-state index contributed by atoms with van der Waals surface area (Å²) < 4.78 is 6.48. The summed E-state index contributed by atoms with van der Waals surface area (Å²) in [5.41, 5.74) is 2.54. The van der Waals surface area contributed by atoms with E-state index in [-0.39, 0.29) is 0 Å². The van der Waals surface area contributed by atoms with Crippen molar-refractivity contribution in [2.75, 3.05) is 0 Å². The van der Waals surface area contributed by atoms with Gasteiger partial charge in [-0.1, -0.05) is 11.6 Å². The van der Waals surface area contributed by atoms with Crippen LogP contribution in [0.5, 0.6) is 11.5 Å². The smallest absolute Gasteiger partial charge is 0.151 e. The average Bonchev–Trinajstić information content (AvgIpc) is 2.36. The van der Waals surface area contributed by atoms with Crippen molar-refractivity contribution in [2.45, 2.75) is 13.8 Å². The van der Waals surface area contributed by atoms with Gasteiger partial charge in [-0.2, -0.15) is 0 Å². The van der Waals surface area contributed by atoms with Gasteiger partial charge >= 0.3 is 0 Å². The molecule has 0 heterocycles. The van der Waals surface area contributed by atoms with Crippen molar-refractivity contribution in [3.8, 4) is 11.5 Å². The molecule has 0 aromatic heterocycles. The first kappa shape index (κ1) is 14.1. The summed E-state index contributed by atoms with van der Waals surface area (Å²) in [6.45, 7) is 3.88. The number of benzene rings is 2. The van der Waals surface area contributed by atoms with E-state index in [4.69, 9.17) is 16.3 Å². The molecule has 2 aromatic carbocycles. The molecule has 0 saturated heterocycles. The maximum atomic E-state index is 10.7. The molecule has 0 amide bonds. The molecule has 0 aliphatic heterocycles. The van der Waals surface area contributed by atoms with Crippen LogP contribution in [0.2, 0.25) is 5.02 Å². The third-order valence-corrected chi connectivity index (χ3v) is 4.03. The van der Waals surface area contributed by atoms with Gasteiger partial charge in [-0.05, 0) is 71.2 Å². The average molecular weight is 340 g/mol. The molecule has 19 heavy (non-hydrogen) atoms. The standard InChI is InChI=1S/C15H12BrClO2/c1-9-5-13(6-10(2)15(9)17)19-12-4-3-11(8-18)14(16)7-12/h3-8H,1-2H3. The second-order valence-corrected chi connectivity index (χ2v) is 5.51. The Bertz CT molecular complexity index is 615. The lowest BCUT2D eigenvalue weighted by Crippen LogP contribution is -1.90. The van der Waals surface area contributed by atoms with E-state index in [1.165, 1.54) is 0 Å². The number of aldehydes is 1. The number of hydrogen-bond acceptors (Lipinski definition) is 2. The summed E-state index contributed by atoms with van der Waals surface area (Å²) >= 11 is 9.44. The molecular weight excluding hydrogens is 328 g/mol. The molecule has 0 aliphatic rings. The molecule has 2 aromatic rings. The van der Waals surface area contributed by atoms with Crippen LogP contribution in [0.1, 0.15) is 21.5 Å². The second kappa shape index (κ2) is 5.76. The summed E-state index contributed by atoms with van der Waals surface area (Å²) in [7, 11) is 0. The first-order valence-corrected chi connectivity index (χ1v) is 6.87. The van der Waals surface area contributed by atoms with Crippen LogP contribution >= 0.6 is 27.5 Å². The van der Waals surface area contributed by atoms with Crippen LogP contribution in [-0.4, -0.2) is 6.29 Å². The van der Waals surface area contributed by atoms with E-state index < -0.39 is 0 Å². The van der Waals surface area contributed by atoms with Gasteiger partial charge < -0.3 is 4.74 Å². The molecule has 2 nitrogen and oxygen atoms in total. The molecule has 0 spiro atoms. The van der Waals surface area contributed by atoms with Crippen LogP contribution < -0.4 is 4.74 Å². The van der Waals surface area contributed by atoms with E-state index in [0.717, 1.165) is 28.2 Å². The predicted octanol–water partition coefficient (Wildman–Crippen LogP) is 5.32. The molecule has 0 unspecified atom stereocenters. The van der Waals surface area contributed by atoms with Crippen LogP contribution in [0, 0.1) is 13.8 Å². The molecule has 0 bridgehead atoms. The minimum atomic E-state index is 0.593. The largest absolute Gasteiger partial charge is 0.457 e. The van der Waals surface area contributed by atoms with Gasteiger partial charge in [0.05, 0.1) is 0 Å². The normalized spacial score (nSPS) is 10.3. The Morgan fingerprint density at radius 3 is 2.26 bits per heavy atom. The molecule has 0 fully saturated rings. The highest BCUT2D eigenvalue weighted by molar-refractivity contribution is 9.10. The number of ether oxygens (including phenoxy) is 1. The van der Waals surface area contributed by atoms with Gasteiger partial charge in [0.2, 0.25) is 0 Å². The number of hydrogen-bond donors (Lipinski definition) is 0. The lowest BCUT2D eigenvalue weighted by atomic mass is 10.1. The Morgan fingerprint density at radius 1 is 1.11 bits per heavy atom. The topological polar surface area (TPSA) is 26.3 Å². The number of rotatable bonds is 3. The summed E-state index contributed by atoms with van der Waals surface area (Å²) in [6, 6.07) is 9.01. The lowest BCUT2D eigenvalue weighted by molar-refractivity contribution is 0.112. The number of aryl methyl sites for hydroxylation is 2. The molecule has 98 valence electrons. The summed E-state index contributed by atoms with van der Waals surface area (Å²) in [5.74, 6) is 1.39. The van der Waals surface area contributed by atoms with Crippen molar-refractivity contribution in [3.63, 3.8) is 0 Å². The molecule has 0 aliphatic carbocycles. The van der Waals surface area contributed by atoms with Gasteiger partial charge in [0.15, 0.2) is 6.29 Å². The third-order valence-electron chi connectivity index (χ3n) is 2.74. The molecule has 0 saturated carbocycles. The van der Waals surface area contributed by atoms with Crippen LogP contribution in [-0.2, 0) is 0 Å². The molecule has 0 atom stereocenters. The third kappa shape index (κ3) is 3.17. The van der Waals surface area contributed by atoms with Gasteiger partial charge in [-0.25, -0.2) is 0 Å². The molecule has 0 radical (unpaired) electrons. The van der Waals surface area contributed by atoms with E-state index in [0.29, 0.717) is 15.8 Å².